The monoisotopic (exact) mass is 552 g/mol. The molecule has 0 spiro atoms. The Labute approximate surface area is 237 Å². The number of piperidine rings is 1. The van der Waals surface area contributed by atoms with Crippen LogP contribution >= 0.6 is 11.3 Å². The van der Waals surface area contributed by atoms with Gasteiger partial charge in [-0.25, -0.2) is 4.98 Å². The summed E-state index contributed by atoms with van der Waals surface area (Å²) in [6.07, 6.45) is 8.79. The van der Waals surface area contributed by atoms with Crippen molar-refractivity contribution in [2.45, 2.75) is 51.4 Å². The molecular formula is C32H32N4O3S. The van der Waals surface area contributed by atoms with E-state index < -0.39 is 0 Å². The summed E-state index contributed by atoms with van der Waals surface area (Å²) in [7, 11) is 0. The van der Waals surface area contributed by atoms with Gasteiger partial charge in [-0.15, -0.1) is 11.3 Å². The summed E-state index contributed by atoms with van der Waals surface area (Å²) >= 11 is 1.65. The van der Waals surface area contributed by atoms with Gasteiger partial charge in [-0.2, -0.15) is 0 Å². The molecule has 1 N–H and O–H groups in total. The largest absolute Gasteiger partial charge is 0.360 e. The molecule has 1 aliphatic carbocycles. The van der Waals surface area contributed by atoms with Crippen molar-refractivity contribution in [1.82, 2.24) is 15.0 Å². The van der Waals surface area contributed by atoms with Gasteiger partial charge >= 0.3 is 0 Å². The van der Waals surface area contributed by atoms with E-state index in [1.165, 1.54) is 29.7 Å². The topological polar surface area (TPSA) is 88.3 Å². The number of thiazole rings is 1. The van der Waals surface area contributed by atoms with Crippen LogP contribution in [-0.2, 0) is 22.4 Å². The van der Waals surface area contributed by atoms with Crippen LogP contribution < -0.4 is 5.32 Å². The summed E-state index contributed by atoms with van der Waals surface area (Å²) in [4.78, 5) is 32.2. The molecule has 0 atom stereocenters. The van der Waals surface area contributed by atoms with E-state index in [0.29, 0.717) is 19.0 Å². The average Bonchev–Trinajstić information content (AvgIpc) is 3.63. The number of hydrogen-bond donors (Lipinski definition) is 1. The quantitative estimate of drug-likeness (QED) is 0.274. The lowest BCUT2D eigenvalue weighted by atomic mass is 9.90. The van der Waals surface area contributed by atoms with E-state index in [0.717, 1.165) is 71.1 Å². The highest BCUT2D eigenvalue weighted by Crippen LogP contribution is 2.38. The van der Waals surface area contributed by atoms with Gasteiger partial charge in [0.15, 0.2) is 0 Å². The Bertz CT molecular complexity index is 1550. The van der Waals surface area contributed by atoms with Gasteiger partial charge in [0.05, 0.1) is 16.3 Å². The number of likely N-dealkylation sites (tertiary alicyclic amines) is 1. The van der Waals surface area contributed by atoms with Gasteiger partial charge in [-0.1, -0.05) is 47.6 Å². The van der Waals surface area contributed by atoms with Gasteiger partial charge in [0.1, 0.15) is 11.5 Å². The predicted molar refractivity (Wildman–Crippen MR) is 157 cm³/mol. The Morgan fingerprint density at radius 1 is 1.02 bits per heavy atom. The minimum atomic E-state index is -0.267. The normalized spacial score (nSPS) is 15.8. The Kier molecular flexibility index (Phi) is 7.60. The van der Waals surface area contributed by atoms with Crippen molar-refractivity contribution in [1.29, 1.82) is 0 Å². The van der Waals surface area contributed by atoms with Crippen LogP contribution in [0.2, 0.25) is 0 Å². The molecular weight excluding hydrogens is 520 g/mol. The molecule has 7 nitrogen and oxygen atoms in total. The van der Waals surface area contributed by atoms with E-state index in [1.54, 1.807) is 11.3 Å². The first-order valence-corrected chi connectivity index (χ1v) is 14.8. The lowest BCUT2D eigenvalue weighted by molar-refractivity contribution is -0.127. The highest BCUT2D eigenvalue weighted by Gasteiger charge is 2.26. The lowest BCUT2D eigenvalue weighted by Crippen LogP contribution is -2.37. The highest BCUT2D eigenvalue weighted by atomic mass is 32.1. The molecule has 0 radical (unpaired) electrons. The zero-order chi connectivity index (χ0) is 27.5. The summed E-state index contributed by atoms with van der Waals surface area (Å²) in [5.74, 6) is 0.645. The third kappa shape index (κ3) is 5.49. The van der Waals surface area contributed by atoms with Gasteiger partial charge < -0.3 is 14.7 Å². The molecule has 0 saturated carbocycles. The maximum atomic E-state index is 12.8. The fraction of sp³-hybridized carbons (Fsp3) is 0.312. The lowest BCUT2D eigenvalue weighted by Gasteiger charge is -2.30. The number of nitrogens with one attached hydrogen (secondary N) is 1. The number of carbonyl (C=O) groups excluding carboxylic acids is 2. The predicted octanol–water partition coefficient (Wildman–Crippen LogP) is 6.55. The SMILES string of the molecule is Cc1onc(-c2ccccc2)c1-c1csc(C2CCN(C(=O)/C=C/C(=O)Nc3cccc4c3CCCC4)CC2)n1. The standard InChI is InChI=1S/C32H32N4O3S/c1-21-30(31(35-39-21)23-9-3-2-4-10-23)27-20-40-32(34-27)24-16-18-36(19-17-24)29(38)15-14-28(37)33-26-13-7-11-22-8-5-6-12-25(22)26/h2-4,7,9-11,13-15,20,24H,5-6,8,12,16-19H2,1H3,(H,33,37)/b15-14+. The van der Waals surface area contributed by atoms with E-state index in [-0.39, 0.29) is 11.8 Å². The highest BCUT2D eigenvalue weighted by molar-refractivity contribution is 7.10. The number of hydrogen-bond acceptors (Lipinski definition) is 6. The Morgan fingerprint density at radius 3 is 2.65 bits per heavy atom. The zero-order valence-corrected chi connectivity index (χ0v) is 23.4. The van der Waals surface area contributed by atoms with Gasteiger partial charge in [-0.3, -0.25) is 9.59 Å². The van der Waals surface area contributed by atoms with Crippen molar-refractivity contribution in [2.75, 3.05) is 18.4 Å². The fourth-order valence-electron chi connectivity index (χ4n) is 5.73. The summed E-state index contributed by atoms with van der Waals surface area (Å²) < 4.78 is 5.53. The molecule has 204 valence electrons. The van der Waals surface area contributed by atoms with Crippen LogP contribution in [0.3, 0.4) is 0 Å². The number of carbonyl (C=O) groups is 2. The number of benzene rings is 2. The Balaban J connectivity index is 1.05. The zero-order valence-electron chi connectivity index (χ0n) is 22.6. The minimum Gasteiger partial charge on any atom is -0.360 e. The molecule has 0 unspecified atom stereocenters. The van der Waals surface area contributed by atoms with Crippen LogP contribution in [-0.4, -0.2) is 39.9 Å². The maximum Gasteiger partial charge on any atom is 0.248 e. The molecule has 6 rings (SSSR count). The van der Waals surface area contributed by atoms with Gasteiger partial charge in [0.2, 0.25) is 11.8 Å². The van der Waals surface area contributed by atoms with Crippen molar-refractivity contribution >= 4 is 28.8 Å². The smallest absolute Gasteiger partial charge is 0.248 e. The summed E-state index contributed by atoms with van der Waals surface area (Å²) in [6, 6.07) is 16.1. The van der Waals surface area contributed by atoms with E-state index >= 15 is 0 Å². The third-order valence-corrected chi connectivity index (χ3v) is 8.88. The number of anilines is 1. The molecule has 8 heteroatoms. The second kappa shape index (κ2) is 11.6. The molecule has 1 aliphatic heterocycles. The van der Waals surface area contributed by atoms with Crippen molar-refractivity contribution in [3.8, 4) is 22.5 Å². The summed E-state index contributed by atoms with van der Waals surface area (Å²) in [5, 5.41) is 10.4. The minimum absolute atomic E-state index is 0.129. The third-order valence-electron chi connectivity index (χ3n) is 7.87. The number of aryl methyl sites for hydroxylation is 2. The van der Waals surface area contributed by atoms with E-state index in [9.17, 15) is 9.59 Å². The van der Waals surface area contributed by atoms with Crippen molar-refractivity contribution in [2.24, 2.45) is 0 Å². The molecule has 2 amide bonds. The first kappa shape index (κ1) is 26.2. The Morgan fingerprint density at radius 2 is 1.82 bits per heavy atom. The number of aromatic nitrogens is 2. The molecule has 2 aromatic carbocycles. The molecule has 3 heterocycles. The van der Waals surface area contributed by atoms with Gasteiger partial charge in [0.25, 0.3) is 0 Å². The molecule has 2 aromatic heterocycles. The molecule has 1 fully saturated rings. The Hall–Kier alpha value is -4.04. The van der Waals surface area contributed by atoms with Crippen LogP contribution in [0.15, 0.2) is 70.6 Å². The molecule has 4 aromatic rings. The fourth-order valence-corrected chi connectivity index (χ4v) is 6.71. The molecule has 2 aliphatic rings. The first-order chi connectivity index (χ1) is 19.6. The first-order valence-electron chi connectivity index (χ1n) is 13.9. The number of nitrogens with zero attached hydrogens (tertiary/aromatic N) is 3. The molecule has 1 saturated heterocycles. The van der Waals surface area contributed by atoms with Gasteiger partial charge in [-0.05, 0) is 62.6 Å². The van der Waals surface area contributed by atoms with Crippen LogP contribution in [0.5, 0.6) is 0 Å². The second-order valence-corrected chi connectivity index (χ2v) is 11.4. The molecule has 0 bridgehead atoms. The summed E-state index contributed by atoms with van der Waals surface area (Å²) in [5.41, 5.74) is 7.02. The van der Waals surface area contributed by atoms with Crippen LogP contribution in [0.25, 0.3) is 22.5 Å². The van der Waals surface area contributed by atoms with Crippen molar-refractivity contribution in [3.63, 3.8) is 0 Å². The molecule has 40 heavy (non-hydrogen) atoms. The summed E-state index contributed by atoms with van der Waals surface area (Å²) in [6.45, 7) is 3.19. The number of rotatable bonds is 6. The van der Waals surface area contributed by atoms with E-state index in [2.05, 4.69) is 21.9 Å². The van der Waals surface area contributed by atoms with Crippen LogP contribution in [0, 0.1) is 6.92 Å². The van der Waals surface area contributed by atoms with Crippen LogP contribution in [0.4, 0.5) is 5.69 Å². The van der Waals surface area contributed by atoms with Crippen molar-refractivity contribution < 1.29 is 14.1 Å². The van der Waals surface area contributed by atoms with Crippen molar-refractivity contribution in [3.05, 3.63) is 88.0 Å². The maximum absolute atomic E-state index is 12.8. The second-order valence-electron chi connectivity index (χ2n) is 10.5. The number of amides is 2. The van der Waals surface area contributed by atoms with E-state index in [4.69, 9.17) is 9.51 Å². The van der Waals surface area contributed by atoms with Gasteiger partial charge in [0, 0.05) is 47.8 Å². The number of fused-ring (bicyclic) bond motifs is 1. The van der Waals surface area contributed by atoms with Crippen LogP contribution in [0.1, 0.15) is 53.5 Å². The average molecular weight is 553 g/mol. The van der Waals surface area contributed by atoms with E-state index in [1.807, 2.05) is 54.3 Å².